The normalized spacial score (nSPS) is 13.7. The molecule has 0 aromatic carbocycles. The van der Waals surface area contributed by atoms with Gasteiger partial charge < -0.3 is 14.4 Å². The number of pyridine rings is 1. The van der Waals surface area contributed by atoms with Gasteiger partial charge in [-0.1, -0.05) is 0 Å². The van der Waals surface area contributed by atoms with E-state index in [0.717, 1.165) is 18.5 Å². The molecule has 0 radical (unpaired) electrons. The molecule has 3 rings (SSSR count). The lowest BCUT2D eigenvalue weighted by Crippen LogP contribution is -2.35. The van der Waals surface area contributed by atoms with E-state index in [1.165, 1.54) is 11.1 Å². The third-order valence-corrected chi connectivity index (χ3v) is 3.86. The maximum Gasteiger partial charge on any atom is 0.289 e. The fourth-order valence-electron chi connectivity index (χ4n) is 2.45. The lowest BCUT2D eigenvalue weighted by molar-refractivity contribution is 0.0812. The van der Waals surface area contributed by atoms with Gasteiger partial charge in [0.15, 0.2) is 5.82 Å². The van der Waals surface area contributed by atoms with Crippen molar-refractivity contribution in [2.45, 2.75) is 18.9 Å². The molecular formula is C16H19N5O2. The fraction of sp³-hybridized carbons (Fsp3) is 0.375. The zero-order valence-corrected chi connectivity index (χ0v) is 13.4. The zero-order valence-electron chi connectivity index (χ0n) is 13.4. The van der Waals surface area contributed by atoms with E-state index < -0.39 is 0 Å². The summed E-state index contributed by atoms with van der Waals surface area (Å²) in [5.41, 5.74) is 1.16. The van der Waals surface area contributed by atoms with Crippen LogP contribution >= 0.6 is 0 Å². The molecule has 23 heavy (non-hydrogen) atoms. The van der Waals surface area contributed by atoms with Crippen molar-refractivity contribution < 1.29 is 9.59 Å². The molecule has 2 amide bonds. The standard InChI is InChI=1S/C16H19N5O2/c1-19(2)16(23)14-18-10-13(20(14)3)15(22)21(11-6-7-11)12-5-4-8-17-9-12/h4-5,8-11H,6-7H2,1-3H3. The van der Waals surface area contributed by atoms with E-state index in [9.17, 15) is 9.59 Å². The molecule has 0 aliphatic heterocycles. The van der Waals surface area contributed by atoms with Crippen LogP contribution in [0.3, 0.4) is 0 Å². The van der Waals surface area contributed by atoms with Crippen molar-refractivity contribution >= 4 is 17.5 Å². The van der Waals surface area contributed by atoms with E-state index in [0.29, 0.717) is 5.69 Å². The van der Waals surface area contributed by atoms with Gasteiger partial charge in [-0.3, -0.25) is 14.6 Å². The van der Waals surface area contributed by atoms with Gasteiger partial charge in [0.2, 0.25) is 0 Å². The first-order valence-electron chi connectivity index (χ1n) is 7.47. The summed E-state index contributed by atoms with van der Waals surface area (Å²) in [6.45, 7) is 0. The highest BCUT2D eigenvalue weighted by Gasteiger charge is 2.36. The highest BCUT2D eigenvalue weighted by atomic mass is 16.2. The molecule has 0 unspecified atom stereocenters. The predicted molar refractivity (Wildman–Crippen MR) is 85.3 cm³/mol. The number of hydrogen-bond donors (Lipinski definition) is 0. The van der Waals surface area contributed by atoms with Crippen LogP contribution < -0.4 is 4.90 Å². The highest BCUT2D eigenvalue weighted by Crippen LogP contribution is 2.32. The lowest BCUT2D eigenvalue weighted by atomic mass is 10.3. The number of aromatic nitrogens is 3. The average Bonchev–Trinajstić information content (AvgIpc) is 3.29. The molecule has 2 aromatic heterocycles. The number of imidazole rings is 1. The minimum atomic E-state index is -0.231. The number of hydrogen-bond acceptors (Lipinski definition) is 4. The summed E-state index contributed by atoms with van der Waals surface area (Å²) in [5, 5.41) is 0. The Morgan fingerprint density at radius 3 is 2.52 bits per heavy atom. The quantitative estimate of drug-likeness (QED) is 0.853. The van der Waals surface area contributed by atoms with Crippen LogP contribution in [0.2, 0.25) is 0 Å². The molecule has 0 saturated heterocycles. The zero-order chi connectivity index (χ0) is 16.6. The van der Waals surface area contributed by atoms with Crippen LogP contribution in [0.1, 0.15) is 33.9 Å². The Morgan fingerprint density at radius 1 is 1.22 bits per heavy atom. The van der Waals surface area contributed by atoms with E-state index in [4.69, 9.17) is 0 Å². The monoisotopic (exact) mass is 313 g/mol. The van der Waals surface area contributed by atoms with Crippen LogP contribution in [0.15, 0.2) is 30.7 Å². The topological polar surface area (TPSA) is 71.3 Å². The van der Waals surface area contributed by atoms with Crippen molar-refractivity contribution in [1.29, 1.82) is 0 Å². The van der Waals surface area contributed by atoms with Gasteiger partial charge in [-0.15, -0.1) is 0 Å². The van der Waals surface area contributed by atoms with Crippen molar-refractivity contribution in [3.63, 3.8) is 0 Å². The molecule has 0 atom stereocenters. The Kier molecular flexibility index (Phi) is 3.85. The van der Waals surface area contributed by atoms with E-state index in [1.54, 1.807) is 43.0 Å². The number of nitrogens with zero attached hydrogens (tertiary/aromatic N) is 5. The number of carbonyl (C=O) groups excluding carboxylic acids is 2. The summed E-state index contributed by atoms with van der Waals surface area (Å²) in [6.07, 6.45) is 6.77. The molecule has 2 heterocycles. The first-order chi connectivity index (χ1) is 11.0. The summed E-state index contributed by atoms with van der Waals surface area (Å²) in [4.78, 5) is 36.5. The van der Waals surface area contributed by atoms with Gasteiger partial charge in [0.05, 0.1) is 18.1 Å². The van der Waals surface area contributed by atoms with Gasteiger partial charge in [-0.2, -0.15) is 0 Å². The maximum atomic E-state index is 13.0. The average molecular weight is 313 g/mol. The second-order valence-corrected chi connectivity index (χ2v) is 5.84. The first kappa shape index (κ1) is 15.2. The Bertz CT molecular complexity index is 734. The van der Waals surface area contributed by atoms with E-state index in [2.05, 4.69) is 9.97 Å². The van der Waals surface area contributed by atoms with E-state index >= 15 is 0 Å². The largest absolute Gasteiger partial charge is 0.342 e. The summed E-state index contributed by atoms with van der Waals surface area (Å²) in [7, 11) is 5.00. The molecule has 2 aromatic rings. The first-order valence-corrected chi connectivity index (χ1v) is 7.47. The van der Waals surface area contributed by atoms with Crippen LogP contribution in [0.25, 0.3) is 0 Å². The third-order valence-electron chi connectivity index (χ3n) is 3.86. The lowest BCUT2D eigenvalue weighted by Gasteiger charge is -2.22. The molecule has 0 spiro atoms. The number of carbonyl (C=O) groups is 2. The second-order valence-electron chi connectivity index (χ2n) is 5.84. The van der Waals surface area contributed by atoms with Crippen molar-refractivity contribution in [2.75, 3.05) is 19.0 Å². The van der Waals surface area contributed by atoms with Crippen LogP contribution in [0.4, 0.5) is 5.69 Å². The van der Waals surface area contributed by atoms with Gasteiger partial charge in [0.25, 0.3) is 11.8 Å². The third kappa shape index (κ3) is 2.81. The van der Waals surface area contributed by atoms with Gasteiger partial charge >= 0.3 is 0 Å². The summed E-state index contributed by atoms with van der Waals surface area (Å²) < 4.78 is 1.55. The summed E-state index contributed by atoms with van der Waals surface area (Å²) in [5.74, 6) is -0.139. The number of anilines is 1. The molecule has 1 aliphatic carbocycles. The molecule has 0 bridgehead atoms. The number of rotatable bonds is 4. The van der Waals surface area contributed by atoms with Gasteiger partial charge in [0, 0.05) is 33.4 Å². The molecule has 1 saturated carbocycles. The summed E-state index contributed by atoms with van der Waals surface area (Å²) >= 11 is 0. The van der Waals surface area contributed by atoms with Crippen LogP contribution in [-0.2, 0) is 7.05 Å². The van der Waals surface area contributed by atoms with Gasteiger partial charge in [0.1, 0.15) is 5.69 Å². The molecule has 7 nitrogen and oxygen atoms in total. The van der Waals surface area contributed by atoms with Crippen molar-refractivity contribution in [1.82, 2.24) is 19.4 Å². The molecule has 1 fully saturated rings. The van der Waals surface area contributed by atoms with Gasteiger partial charge in [-0.25, -0.2) is 4.98 Å². The second kappa shape index (κ2) is 5.83. The SMILES string of the molecule is CN(C)C(=O)c1ncc(C(=O)N(c2cccnc2)C2CC2)n1C. The van der Waals surface area contributed by atoms with Crippen molar-refractivity contribution in [3.8, 4) is 0 Å². The Balaban J connectivity index is 1.94. The highest BCUT2D eigenvalue weighted by molar-refractivity contribution is 6.06. The molecular weight excluding hydrogens is 294 g/mol. The van der Waals surface area contributed by atoms with Gasteiger partial charge in [-0.05, 0) is 25.0 Å². The minimum absolute atomic E-state index is 0.159. The smallest absolute Gasteiger partial charge is 0.289 e. The molecule has 7 heteroatoms. The van der Waals surface area contributed by atoms with Crippen molar-refractivity contribution in [3.05, 3.63) is 42.2 Å². The Morgan fingerprint density at radius 2 is 1.96 bits per heavy atom. The van der Waals surface area contributed by atoms with E-state index in [1.807, 2.05) is 12.1 Å². The van der Waals surface area contributed by atoms with E-state index in [-0.39, 0.29) is 23.7 Å². The van der Waals surface area contributed by atoms with Crippen LogP contribution in [0, 0.1) is 0 Å². The predicted octanol–water partition coefficient (Wildman–Crippen LogP) is 1.33. The summed E-state index contributed by atoms with van der Waals surface area (Å²) in [6, 6.07) is 3.86. The molecule has 120 valence electrons. The fourth-order valence-corrected chi connectivity index (χ4v) is 2.45. The Hall–Kier alpha value is -2.70. The maximum absolute atomic E-state index is 13.0. The molecule has 1 aliphatic rings. The van der Waals surface area contributed by atoms with Crippen LogP contribution in [-0.4, -0.2) is 51.4 Å². The number of amides is 2. The van der Waals surface area contributed by atoms with Crippen molar-refractivity contribution in [2.24, 2.45) is 7.05 Å². The minimum Gasteiger partial charge on any atom is -0.342 e. The van der Waals surface area contributed by atoms with Crippen LogP contribution in [0.5, 0.6) is 0 Å². The Labute approximate surface area is 134 Å². The molecule has 0 N–H and O–H groups in total.